The second-order valence-electron chi connectivity index (χ2n) is 11.2. The zero-order valence-corrected chi connectivity index (χ0v) is 25.1. The average molecular weight is 598 g/mol. The molecule has 220 valence electrons. The third-order valence-electron chi connectivity index (χ3n) is 7.89. The molecule has 0 radical (unpaired) electrons. The van der Waals surface area contributed by atoms with Gasteiger partial charge in [0.2, 0.25) is 5.95 Å². The topological polar surface area (TPSA) is 79.2 Å². The van der Waals surface area contributed by atoms with E-state index in [1.807, 2.05) is 64.9 Å². The van der Waals surface area contributed by atoms with Crippen LogP contribution in [0.1, 0.15) is 40.9 Å². The largest absolute Gasteiger partial charge is 0.364 e. The summed E-state index contributed by atoms with van der Waals surface area (Å²) in [6.07, 6.45) is 1.75. The molecule has 5 aromatic rings. The van der Waals surface area contributed by atoms with Crippen LogP contribution in [0.5, 0.6) is 0 Å². The predicted molar refractivity (Wildman–Crippen MR) is 168 cm³/mol. The number of piperazine rings is 1. The zero-order chi connectivity index (χ0) is 30.1. The molecular formula is C33H33ClFN7O. The first-order valence-electron chi connectivity index (χ1n) is 14.4. The molecule has 0 saturated carbocycles. The maximum atomic E-state index is 13.5. The number of nitrogens with zero attached hydrogens (tertiary/aromatic N) is 6. The molecule has 1 aliphatic heterocycles. The molecule has 1 aliphatic rings. The number of imidazole rings is 1. The SMILES string of the molecule is Cc1cccc(C(=O)N2CC(C)N(c3nc(NCc4ccc(F)cc4)c4ncn(Cc5ccccc5Cl)c4n3)CC2C)c1. The summed E-state index contributed by atoms with van der Waals surface area (Å²) in [5, 5.41) is 4.08. The van der Waals surface area contributed by atoms with Gasteiger partial charge in [-0.2, -0.15) is 9.97 Å². The number of benzene rings is 3. The van der Waals surface area contributed by atoms with E-state index in [9.17, 15) is 9.18 Å². The lowest BCUT2D eigenvalue weighted by atomic mass is 10.1. The van der Waals surface area contributed by atoms with Crippen molar-refractivity contribution in [2.75, 3.05) is 23.3 Å². The Bertz CT molecular complexity index is 1770. The van der Waals surface area contributed by atoms with Gasteiger partial charge in [0.1, 0.15) is 5.82 Å². The molecule has 0 spiro atoms. The van der Waals surface area contributed by atoms with Crippen molar-refractivity contribution in [2.45, 2.75) is 45.9 Å². The van der Waals surface area contributed by atoms with Crippen LogP contribution in [0.25, 0.3) is 11.2 Å². The minimum atomic E-state index is -0.281. The lowest BCUT2D eigenvalue weighted by Gasteiger charge is -2.44. The van der Waals surface area contributed by atoms with E-state index in [0.29, 0.717) is 59.7 Å². The second-order valence-corrected chi connectivity index (χ2v) is 11.6. The van der Waals surface area contributed by atoms with Crippen molar-refractivity contribution in [1.82, 2.24) is 24.4 Å². The normalized spacial score (nSPS) is 17.0. The molecule has 8 nitrogen and oxygen atoms in total. The van der Waals surface area contributed by atoms with Crippen LogP contribution in [0.15, 0.2) is 79.1 Å². The number of halogens is 2. The van der Waals surface area contributed by atoms with Gasteiger partial charge >= 0.3 is 0 Å². The number of nitrogens with one attached hydrogen (secondary N) is 1. The summed E-state index contributed by atoms with van der Waals surface area (Å²) < 4.78 is 15.5. The maximum Gasteiger partial charge on any atom is 0.254 e. The summed E-state index contributed by atoms with van der Waals surface area (Å²) in [6.45, 7) is 8.17. The molecule has 0 aliphatic carbocycles. The van der Waals surface area contributed by atoms with Gasteiger partial charge in [-0.3, -0.25) is 4.79 Å². The van der Waals surface area contributed by atoms with Crippen molar-refractivity contribution >= 4 is 40.4 Å². The molecule has 2 aromatic heterocycles. The molecule has 0 bridgehead atoms. The number of aromatic nitrogens is 4. The molecular weight excluding hydrogens is 565 g/mol. The molecule has 3 aromatic carbocycles. The number of anilines is 2. The Morgan fingerprint density at radius 1 is 1.00 bits per heavy atom. The van der Waals surface area contributed by atoms with E-state index in [1.54, 1.807) is 18.5 Å². The van der Waals surface area contributed by atoms with Crippen LogP contribution in [0.3, 0.4) is 0 Å². The van der Waals surface area contributed by atoms with Gasteiger partial charge in [0.05, 0.1) is 12.9 Å². The van der Waals surface area contributed by atoms with Crippen LogP contribution in [-0.2, 0) is 13.1 Å². The highest BCUT2D eigenvalue weighted by molar-refractivity contribution is 6.31. The molecule has 2 unspecified atom stereocenters. The third-order valence-corrected chi connectivity index (χ3v) is 8.26. The molecule has 3 heterocycles. The van der Waals surface area contributed by atoms with Gasteiger partial charge in [0, 0.05) is 42.3 Å². The monoisotopic (exact) mass is 597 g/mol. The third kappa shape index (κ3) is 6.03. The van der Waals surface area contributed by atoms with E-state index in [4.69, 9.17) is 21.6 Å². The lowest BCUT2D eigenvalue weighted by molar-refractivity contribution is 0.0643. The average Bonchev–Trinajstić information content (AvgIpc) is 3.41. The zero-order valence-electron chi connectivity index (χ0n) is 24.3. The van der Waals surface area contributed by atoms with Crippen molar-refractivity contribution in [3.05, 3.63) is 112 Å². The van der Waals surface area contributed by atoms with Gasteiger partial charge in [0.25, 0.3) is 5.91 Å². The Kier molecular flexibility index (Phi) is 7.99. The van der Waals surface area contributed by atoms with E-state index >= 15 is 0 Å². The Morgan fingerprint density at radius 3 is 2.56 bits per heavy atom. The number of rotatable bonds is 7. The molecule has 2 atom stereocenters. The number of carbonyl (C=O) groups excluding carboxylic acids is 1. The van der Waals surface area contributed by atoms with Crippen molar-refractivity contribution in [2.24, 2.45) is 0 Å². The van der Waals surface area contributed by atoms with Crippen molar-refractivity contribution in [1.29, 1.82) is 0 Å². The minimum Gasteiger partial charge on any atom is -0.364 e. The predicted octanol–water partition coefficient (Wildman–Crippen LogP) is 6.33. The highest BCUT2D eigenvalue weighted by Crippen LogP contribution is 2.28. The van der Waals surface area contributed by atoms with Crippen molar-refractivity contribution in [3.8, 4) is 0 Å². The number of fused-ring (bicyclic) bond motifs is 1. The lowest BCUT2D eigenvalue weighted by Crippen LogP contribution is -2.58. The van der Waals surface area contributed by atoms with Gasteiger partial charge in [-0.25, -0.2) is 9.37 Å². The van der Waals surface area contributed by atoms with Crippen LogP contribution in [-0.4, -0.2) is 55.5 Å². The van der Waals surface area contributed by atoms with Crippen LogP contribution in [0.4, 0.5) is 16.2 Å². The summed E-state index contributed by atoms with van der Waals surface area (Å²) in [5.41, 5.74) is 4.92. The van der Waals surface area contributed by atoms with Crippen molar-refractivity contribution in [3.63, 3.8) is 0 Å². The minimum absolute atomic E-state index is 0.0264. The van der Waals surface area contributed by atoms with E-state index < -0.39 is 0 Å². The molecule has 1 saturated heterocycles. The molecule has 1 amide bonds. The standard InChI is InChI=1S/C33H33ClFN7O/c1-21-7-6-9-25(15-21)32(43)41-17-23(3)42(18-22(41)2)33-38-30(36-16-24-11-13-27(35)14-12-24)29-31(39-33)40(20-37-29)19-26-8-4-5-10-28(26)34/h4-15,20,22-23H,16-19H2,1-3H3,(H,36,38,39). The van der Waals surface area contributed by atoms with Crippen molar-refractivity contribution < 1.29 is 9.18 Å². The number of aryl methyl sites for hydroxylation is 1. The number of carbonyl (C=O) groups is 1. The van der Waals surface area contributed by atoms with Crippen LogP contribution in [0.2, 0.25) is 5.02 Å². The Labute approximate surface area is 255 Å². The number of hydrogen-bond donors (Lipinski definition) is 1. The highest BCUT2D eigenvalue weighted by atomic mass is 35.5. The fraction of sp³-hybridized carbons (Fsp3) is 0.273. The smallest absolute Gasteiger partial charge is 0.254 e. The fourth-order valence-electron chi connectivity index (χ4n) is 5.53. The van der Waals surface area contributed by atoms with Gasteiger partial charge in [0.15, 0.2) is 17.0 Å². The van der Waals surface area contributed by atoms with Crippen LogP contribution in [0, 0.1) is 12.7 Å². The Balaban J connectivity index is 1.33. The number of amides is 1. The van der Waals surface area contributed by atoms with Crippen LogP contribution < -0.4 is 10.2 Å². The van der Waals surface area contributed by atoms with E-state index in [-0.39, 0.29) is 23.8 Å². The Hall–Kier alpha value is -4.50. The molecule has 1 N–H and O–H groups in total. The highest BCUT2D eigenvalue weighted by Gasteiger charge is 2.34. The van der Waals surface area contributed by atoms with E-state index in [2.05, 4.69) is 29.0 Å². The first-order chi connectivity index (χ1) is 20.8. The summed E-state index contributed by atoms with van der Waals surface area (Å²) in [4.78, 5) is 32.2. The quantitative estimate of drug-likeness (QED) is 0.236. The first-order valence-corrected chi connectivity index (χ1v) is 14.7. The second kappa shape index (κ2) is 12.0. The van der Waals surface area contributed by atoms with Gasteiger partial charge in [-0.05, 0) is 62.2 Å². The maximum absolute atomic E-state index is 13.5. The Morgan fingerprint density at radius 2 is 1.79 bits per heavy atom. The van der Waals surface area contributed by atoms with E-state index in [0.717, 1.165) is 16.7 Å². The van der Waals surface area contributed by atoms with Gasteiger partial charge in [-0.1, -0.05) is 59.6 Å². The molecule has 43 heavy (non-hydrogen) atoms. The summed E-state index contributed by atoms with van der Waals surface area (Å²) in [7, 11) is 0. The number of hydrogen-bond acceptors (Lipinski definition) is 6. The first kappa shape index (κ1) is 28.6. The van der Waals surface area contributed by atoms with Gasteiger partial charge < -0.3 is 19.7 Å². The molecule has 1 fully saturated rings. The van der Waals surface area contributed by atoms with Gasteiger partial charge in [-0.15, -0.1) is 0 Å². The molecule has 10 heteroatoms. The van der Waals surface area contributed by atoms with Crippen LogP contribution >= 0.6 is 11.6 Å². The summed E-state index contributed by atoms with van der Waals surface area (Å²) >= 11 is 6.49. The summed E-state index contributed by atoms with van der Waals surface area (Å²) in [5.74, 6) is 0.882. The molecule has 6 rings (SSSR count). The summed E-state index contributed by atoms with van der Waals surface area (Å²) in [6, 6.07) is 21.7. The fourth-order valence-corrected chi connectivity index (χ4v) is 5.73. The van der Waals surface area contributed by atoms with E-state index in [1.165, 1.54) is 12.1 Å².